The van der Waals surface area contributed by atoms with Crippen molar-refractivity contribution < 1.29 is 7.06 Å². The molecule has 5 heteroatoms. The first kappa shape index (κ1) is 11.4. The molecular weight excluding hydrogens is 250 g/mol. The number of nitrogens with one attached hydrogen (secondary N) is 5. The third-order valence-corrected chi connectivity index (χ3v) is 3.16. The molecule has 0 aromatic rings. The molecule has 5 nitrogen and oxygen atoms in total. The van der Waals surface area contributed by atoms with Crippen molar-refractivity contribution in [2.24, 2.45) is 0 Å². The fourth-order valence-corrected chi connectivity index (χ4v) is 2.03. The Hall–Kier alpha value is -0.200. The Labute approximate surface area is 132 Å². The van der Waals surface area contributed by atoms with Gasteiger partial charge in [0.05, 0.1) is 0 Å². The van der Waals surface area contributed by atoms with Gasteiger partial charge >= 0.3 is 0 Å². The van der Waals surface area contributed by atoms with Crippen LogP contribution in [0.5, 0.6) is 0 Å². The van der Waals surface area contributed by atoms with Gasteiger partial charge in [-0.2, -0.15) is 0 Å². The highest BCUT2D eigenvalue weighted by molar-refractivity contribution is 4.58. The Bertz CT molecular complexity index is 239. The first-order valence-electron chi connectivity index (χ1n) is 10.4. The summed E-state index contributed by atoms with van der Waals surface area (Å²) in [4.78, 5) is 0. The molecule has 0 amide bonds. The van der Waals surface area contributed by atoms with E-state index in [0.29, 0.717) is 65.4 Å². The molecule has 0 unspecified atom stereocenters. The van der Waals surface area contributed by atoms with Crippen LogP contribution in [0, 0.1) is 0 Å². The predicted octanol–water partition coefficient (Wildman–Crippen LogP) is -0.101. The minimum atomic E-state index is 0.645. The fourth-order valence-electron chi connectivity index (χ4n) is 2.03. The molecule has 1 saturated heterocycles. The van der Waals surface area contributed by atoms with Crippen LogP contribution in [0.3, 0.4) is 0 Å². The standard InChI is InChI=1S/C15H35N5/c1-6-16-8-2-10-18-12-4-14-20-15-5-13-19-11-3-9-17-7-1/h16-20H,1-15H2/i/hD5. The van der Waals surface area contributed by atoms with Crippen LogP contribution in [0.15, 0.2) is 0 Å². The summed E-state index contributed by atoms with van der Waals surface area (Å²) in [7, 11) is 0. The van der Waals surface area contributed by atoms with Crippen molar-refractivity contribution in [2.75, 3.05) is 65.4 Å². The quantitative estimate of drug-likeness (QED) is 0.431. The van der Waals surface area contributed by atoms with Crippen molar-refractivity contribution >= 4 is 0 Å². The average Bonchev–Trinajstić information content (AvgIpc) is 2.54. The zero-order valence-corrected chi connectivity index (χ0v) is 12.8. The minimum absolute atomic E-state index is 0.645. The van der Waals surface area contributed by atoms with Crippen molar-refractivity contribution in [2.45, 2.75) is 32.1 Å². The van der Waals surface area contributed by atoms with Crippen LogP contribution >= 0.6 is 0 Å². The second-order valence-corrected chi connectivity index (χ2v) is 5.12. The van der Waals surface area contributed by atoms with Gasteiger partial charge < -0.3 is 26.5 Å². The van der Waals surface area contributed by atoms with E-state index in [1.54, 1.807) is 0 Å². The van der Waals surface area contributed by atoms with E-state index in [4.69, 9.17) is 7.06 Å². The maximum absolute atomic E-state index is 7.89. The summed E-state index contributed by atoms with van der Waals surface area (Å²) in [5.41, 5.74) is 0. The first-order valence-corrected chi connectivity index (χ1v) is 8.16. The van der Waals surface area contributed by atoms with E-state index in [2.05, 4.69) is 0 Å². The number of hydrogen-bond donors (Lipinski definition) is 5. The van der Waals surface area contributed by atoms with E-state index in [9.17, 15) is 0 Å². The maximum atomic E-state index is 7.89. The summed E-state index contributed by atoms with van der Waals surface area (Å²) in [5.74, 6) is 0. The van der Waals surface area contributed by atoms with Gasteiger partial charge in [-0.05, 0) is 97.6 Å². The predicted molar refractivity (Wildman–Crippen MR) is 87.4 cm³/mol. The van der Waals surface area contributed by atoms with E-state index >= 15 is 0 Å². The normalized spacial score (nSPS) is 32.5. The summed E-state index contributed by atoms with van der Waals surface area (Å²) in [6.07, 6.45) is 3.97. The van der Waals surface area contributed by atoms with Crippen molar-refractivity contribution in [3.8, 4) is 0 Å². The van der Waals surface area contributed by atoms with E-state index in [0.717, 1.165) is 32.1 Å². The van der Waals surface area contributed by atoms with Crippen molar-refractivity contribution in [1.82, 2.24) is 26.5 Å². The lowest BCUT2D eigenvalue weighted by atomic mass is 10.3. The molecule has 1 aliphatic heterocycles. The van der Waals surface area contributed by atoms with Gasteiger partial charge in [-0.25, -0.2) is 0 Å². The molecule has 1 rings (SSSR count). The van der Waals surface area contributed by atoms with E-state index in [1.165, 1.54) is 26.5 Å². The Balaban J connectivity index is 2.37. The van der Waals surface area contributed by atoms with Crippen LogP contribution in [0.4, 0.5) is 0 Å². The average molecular weight is 291 g/mol. The number of rotatable bonds is 0. The lowest BCUT2D eigenvalue weighted by Crippen LogP contribution is -2.29. The molecule has 1 aliphatic rings. The summed E-state index contributed by atoms with van der Waals surface area (Å²) in [6, 6.07) is 0. The Morgan fingerprint density at radius 1 is 0.350 bits per heavy atom. The van der Waals surface area contributed by atoms with Crippen LogP contribution in [0.1, 0.15) is 32.1 Å². The minimum Gasteiger partial charge on any atom is -0.317 e. The molecule has 0 radical (unpaired) electrons. The van der Waals surface area contributed by atoms with Gasteiger partial charge in [0.15, 0.2) is 0 Å². The molecule has 0 atom stereocenters. The molecule has 0 aliphatic carbocycles. The molecule has 0 saturated carbocycles. The lowest BCUT2D eigenvalue weighted by molar-refractivity contribution is 0.527. The topological polar surface area (TPSA) is 60.1 Å². The zero-order valence-electron chi connectivity index (χ0n) is 17.8. The van der Waals surface area contributed by atoms with Crippen LogP contribution in [0.25, 0.3) is 0 Å². The van der Waals surface area contributed by atoms with E-state index in [-0.39, 0.29) is 0 Å². The third kappa shape index (κ3) is 12.8. The molecule has 120 valence electrons. The summed E-state index contributed by atoms with van der Waals surface area (Å²) < 4.78 is 39.5. The van der Waals surface area contributed by atoms with Gasteiger partial charge in [0.1, 0.15) is 7.06 Å². The van der Waals surface area contributed by atoms with Crippen LogP contribution in [0.2, 0.25) is 7.06 Å². The zero-order chi connectivity index (χ0) is 18.5. The van der Waals surface area contributed by atoms with Gasteiger partial charge in [0.2, 0.25) is 0 Å². The molecule has 1 heterocycles. The summed E-state index contributed by atoms with van der Waals surface area (Å²) >= 11 is 0. The summed E-state index contributed by atoms with van der Waals surface area (Å²) in [6.45, 7) is 6.45. The van der Waals surface area contributed by atoms with Gasteiger partial charge in [0, 0.05) is 0 Å². The Morgan fingerprint density at radius 2 is 0.500 bits per heavy atom. The van der Waals surface area contributed by atoms with E-state index < -0.39 is 0 Å². The van der Waals surface area contributed by atoms with Crippen LogP contribution in [-0.2, 0) is 0 Å². The molecule has 0 aromatic carbocycles. The number of hydrogen-bond acceptors (Lipinski definition) is 5. The summed E-state index contributed by atoms with van der Waals surface area (Å²) in [5, 5.41) is 7.62. The van der Waals surface area contributed by atoms with Crippen LogP contribution in [-0.4, -0.2) is 65.4 Å². The Kier molecular flexibility index (Phi) is 8.64. The molecule has 20 heavy (non-hydrogen) atoms. The molecular formula is C15H35N5. The van der Waals surface area contributed by atoms with Crippen LogP contribution < -0.4 is 26.5 Å². The van der Waals surface area contributed by atoms with E-state index in [1.807, 2.05) is 0 Å². The van der Waals surface area contributed by atoms with Crippen molar-refractivity contribution in [3.63, 3.8) is 0 Å². The molecule has 0 spiro atoms. The maximum Gasteiger partial charge on any atom is 0.122 e. The smallest absolute Gasteiger partial charge is 0.122 e. The van der Waals surface area contributed by atoms with Gasteiger partial charge in [-0.3, -0.25) is 0 Å². The highest BCUT2D eigenvalue weighted by Crippen LogP contribution is 1.82. The Morgan fingerprint density at radius 3 is 0.650 bits per heavy atom. The lowest BCUT2D eigenvalue weighted by Gasteiger charge is -2.09. The SMILES string of the molecule is [2H]N1CCCN([2H])CCCN([2H])CCCN([2H])CCCN([2H])CCC1. The second kappa shape index (κ2) is 15.2. The van der Waals surface area contributed by atoms with Gasteiger partial charge in [-0.1, -0.05) is 0 Å². The second-order valence-electron chi connectivity index (χ2n) is 5.12. The third-order valence-electron chi connectivity index (χ3n) is 3.16. The molecule has 1 fully saturated rings. The van der Waals surface area contributed by atoms with Gasteiger partial charge in [0.25, 0.3) is 0 Å². The largest absolute Gasteiger partial charge is 0.317 e. The van der Waals surface area contributed by atoms with Crippen molar-refractivity contribution in [1.29, 1.82) is 0 Å². The molecule has 5 N–H and O–H groups in total. The first-order chi connectivity index (χ1) is 12.0. The highest BCUT2D eigenvalue weighted by atomic mass is 14.9. The monoisotopic (exact) mass is 290 g/mol. The van der Waals surface area contributed by atoms with Gasteiger partial charge in [-0.15, -0.1) is 0 Å². The highest BCUT2D eigenvalue weighted by Gasteiger charge is 1.94. The fraction of sp³-hybridized carbons (Fsp3) is 1.00. The van der Waals surface area contributed by atoms with Crippen molar-refractivity contribution in [3.05, 3.63) is 0 Å². The molecule has 0 aromatic heterocycles. The molecule has 0 bridgehead atoms.